The fourth-order valence-corrected chi connectivity index (χ4v) is 0.949. The van der Waals surface area contributed by atoms with Gasteiger partial charge in [-0.1, -0.05) is 0 Å². The fourth-order valence-electron chi connectivity index (χ4n) is 0.949. The number of nitrogens with one attached hydrogen (secondary N) is 2. The number of carbonyl (C=O) groups is 2. The topological polar surface area (TPSA) is 70.7 Å². The van der Waals surface area contributed by atoms with Gasteiger partial charge in [0.05, 0.1) is 0 Å². The van der Waals surface area contributed by atoms with Gasteiger partial charge in [-0.3, -0.25) is 4.79 Å². The van der Waals surface area contributed by atoms with E-state index in [2.05, 4.69) is 10.8 Å². The van der Waals surface area contributed by atoms with E-state index >= 15 is 0 Å². The zero-order valence-electron chi connectivity index (χ0n) is 9.50. The Kier molecular flexibility index (Phi) is 7.35. The van der Waals surface area contributed by atoms with Crippen LogP contribution in [0.4, 0.5) is 4.79 Å². The van der Waals surface area contributed by atoms with E-state index in [9.17, 15) is 9.59 Å². The summed E-state index contributed by atoms with van der Waals surface area (Å²) in [5, 5.41) is 2.47. The van der Waals surface area contributed by atoms with Gasteiger partial charge in [-0.05, 0) is 13.8 Å². The standard InChI is InChI=1S/C9H19N3O3/c1-4-12(5-2)9(14)15-11-7-6-8(13)10-3/h11H,4-7H2,1-3H3,(H,10,13). The monoisotopic (exact) mass is 217 g/mol. The van der Waals surface area contributed by atoms with E-state index in [-0.39, 0.29) is 12.3 Å². The van der Waals surface area contributed by atoms with Crippen LogP contribution >= 0.6 is 0 Å². The van der Waals surface area contributed by atoms with Gasteiger partial charge in [0.25, 0.3) is 0 Å². The summed E-state index contributed by atoms with van der Waals surface area (Å²) in [5.74, 6) is -0.0959. The molecule has 2 N–H and O–H groups in total. The van der Waals surface area contributed by atoms with E-state index in [1.54, 1.807) is 7.05 Å². The molecule has 0 unspecified atom stereocenters. The van der Waals surface area contributed by atoms with E-state index in [0.29, 0.717) is 19.6 Å². The van der Waals surface area contributed by atoms with Crippen molar-refractivity contribution in [2.45, 2.75) is 20.3 Å². The minimum atomic E-state index is -0.420. The van der Waals surface area contributed by atoms with Gasteiger partial charge in [0, 0.05) is 33.1 Å². The van der Waals surface area contributed by atoms with Crippen molar-refractivity contribution in [3.05, 3.63) is 0 Å². The highest BCUT2D eigenvalue weighted by molar-refractivity contribution is 5.75. The Balaban J connectivity index is 3.58. The van der Waals surface area contributed by atoms with Gasteiger partial charge in [-0.15, -0.1) is 0 Å². The highest BCUT2D eigenvalue weighted by Gasteiger charge is 2.10. The first-order valence-electron chi connectivity index (χ1n) is 5.04. The van der Waals surface area contributed by atoms with E-state index < -0.39 is 6.09 Å². The lowest BCUT2D eigenvalue weighted by molar-refractivity contribution is -0.120. The van der Waals surface area contributed by atoms with Gasteiger partial charge in [0.2, 0.25) is 5.91 Å². The average molecular weight is 217 g/mol. The lowest BCUT2D eigenvalue weighted by Gasteiger charge is -2.17. The van der Waals surface area contributed by atoms with Crippen LogP contribution in [0.1, 0.15) is 20.3 Å². The van der Waals surface area contributed by atoms with Crippen LogP contribution in [0.2, 0.25) is 0 Å². The molecule has 0 aliphatic rings. The van der Waals surface area contributed by atoms with E-state index in [0.717, 1.165) is 0 Å². The Morgan fingerprint density at radius 1 is 1.27 bits per heavy atom. The molecule has 6 heteroatoms. The molecule has 0 fully saturated rings. The van der Waals surface area contributed by atoms with Gasteiger partial charge < -0.3 is 15.1 Å². The Morgan fingerprint density at radius 2 is 1.87 bits per heavy atom. The summed E-state index contributed by atoms with van der Waals surface area (Å²) in [4.78, 5) is 28.3. The van der Waals surface area contributed by atoms with Crippen LogP contribution in [0.3, 0.4) is 0 Å². The second kappa shape index (κ2) is 8.05. The molecule has 0 aromatic heterocycles. The second-order valence-electron chi connectivity index (χ2n) is 2.86. The van der Waals surface area contributed by atoms with Crippen molar-refractivity contribution in [3.63, 3.8) is 0 Å². The Morgan fingerprint density at radius 3 is 2.33 bits per heavy atom. The molecule has 6 nitrogen and oxygen atoms in total. The van der Waals surface area contributed by atoms with Crippen LogP contribution < -0.4 is 10.8 Å². The largest absolute Gasteiger partial charge is 0.428 e. The number of hydroxylamine groups is 1. The number of rotatable bonds is 6. The molecule has 0 rings (SSSR count). The summed E-state index contributed by atoms with van der Waals surface area (Å²) >= 11 is 0. The molecule has 88 valence electrons. The number of hydrogen-bond acceptors (Lipinski definition) is 4. The SMILES string of the molecule is CCN(CC)C(=O)ONCCC(=O)NC. The summed E-state index contributed by atoms with van der Waals surface area (Å²) in [6, 6.07) is 0. The van der Waals surface area contributed by atoms with Crippen molar-refractivity contribution in [1.82, 2.24) is 15.7 Å². The molecule has 0 aromatic carbocycles. The molecule has 0 aromatic rings. The molecule has 2 amide bonds. The number of carbonyl (C=O) groups excluding carboxylic acids is 2. The maximum absolute atomic E-state index is 11.3. The Labute approximate surface area is 89.9 Å². The maximum atomic E-state index is 11.3. The third-order valence-corrected chi connectivity index (χ3v) is 1.91. The van der Waals surface area contributed by atoms with Crippen molar-refractivity contribution < 1.29 is 14.4 Å². The number of nitrogens with zero attached hydrogens (tertiary/aromatic N) is 1. The summed E-state index contributed by atoms with van der Waals surface area (Å²) in [6.45, 7) is 5.26. The molecule has 15 heavy (non-hydrogen) atoms. The van der Waals surface area contributed by atoms with Crippen molar-refractivity contribution in [2.75, 3.05) is 26.7 Å². The third kappa shape index (κ3) is 5.90. The first kappa shape index (κ1) is 13.7. The number of amides is 2. The summed E-state index contributed by atoms with van der Waals surface area (Å²) in [5.41, 5.74) is 2.45. The van der Waals surface area contributed by atoms with E-state index in [1.807, 2.05) is 13.8 Å². The van der Waals surface area contributed by atoms with Gasteiger partial charge in [0.1, 0.15) is 0 Å². The van der Waals surface area contributed by atoms with Gasteiger partial charge in [-0.2, -0.15) is 5.48 Å². The molecule has 0 radical (unpaired) electrons. The fraction of sp³-hybridized carbons (Fsp3) is 0.778. The van der Waals surface area contributed by atoms with Crippen LogP contribution in [0, 0.1) is 0 Å². The van der Waals surface area contributed by atoms with Crippen LogP contribution in [0.15, 0.2) is 0 Å². The molecule has 0 heterocycles. The molecule has 0 aliphatic heterocycles. The van der Waals surface area contributed by atoms with Crippen LogP contribution in [-0.2, 0) is 9.63 Å². The predicted molar refractivity (Wildman–Crippen MR) is 56.1 cm³/mol. The minimum Gasteiger partial charge on any atom is -0.359 e. The van der Waals surface area contributed by atoms with Crippen LogP contribution in [0.25, 0.3) is 0 Å². The predicted octanol–water partition coefficient (Wildman–Crippen LogP) is 0.106. The Bertz CT molecular complexity index is 205. The molecule has 0 atom stereocenters. The van der Waals surface area contributed by atoms with E-state index in [1.165, 1.54) is 4.90 Å². The average Bonchev–Trinajstić information content (AvgIpc) is 2.25. The molecular formula is C9H19N3O3. The van der Waals surface area contributed by atoms with Gasteiger partial charge in [0.15, 0.2) is 0 Å². The zero-order valence-corrected chi connectivity index (χ0v) is 9.50. The molecule has 0 spiro atoms. The van der Waals surface area contributed by atoms with E-state index in [4.69, 9.17) is 4.84 Å². The quantitative estimate of drug-likeness (QED) is 0.489. The van der Waals surface area contributed by atoms with Gasteiger partial charge in [-0.25, -0.2) is 4.79 Å². The second-order valence-corrected chi connectivity index (χ2v) is 2.86. The highest BCUT2D eigenvalue weighted by Crippen LogP contribution is 1.90. The lowest BCUT2D eigenvalue weighted by atomic mass is 10.4. The molecule has 0 aliphatic carbocycles. The van der Waals surface area contributed by atoms with Crippen molar-refractivity contribution in [3.8, 4) is 0 Å². The van der Waals surface area contributed by atoms with Crippen LogP contribution in [-0.4, -0.2) is 43.6 Å². The normalized spacial score (nSPS) is 9.53. The number of hydrogen-bond donors (Lipinski definition) is 2. The third-order valence-electron chi connectivity index (χ3n) is 1.91. The lowest BCUT2D eigenvalue weighted by Crippen LogP contribution is -2.36. The highest BCUT2D eigenvalue weighted by atomic mass is 16.7. The van der Waals surface area contributed by atoms with Crippen molar-refractivity contribution >= 4 is 12.0 Å². The summed E-state index contributed by atoms with van der Waals surface area (Å²) < 4.78 is 0. The smallest absolute Gasteiger partial charge is 0.359 e. The maximum Gasteiger partial charge on any atom is 0.428 e. The van der Waals surface area contributed by atoms with Crippen molar-refractivity contribution in [1.29, 1.82) is 0 Å². The summed E-state index contributed by atoms with van der Waals surface area (Å²) in [7, 11) is 1.56. The zero-order chi connectivity index (χ0) is 11.7. The molecule has 0 bridgehead atoms. The minimum absolute atomic E-state index is 0.0959. The van der Waals surface area contributed by atoms with Crippen molar-refractivity contribution in [2.24, 2.45) is 0 Å². The summed E-state index contributed by atoms with van der Waals surface area (Å²) in [6.07, 6.45) is -0.140. The molecule has 0 saturated heterocycles. The van der Waals surface area contributed by atoms with Gasteiger partial charge >= 0.3 is 6.09 Å². The van der Waals surface area contributed by atoms with Crippen LogP contribution in [0.5, 0.6) is 0 Å². The molecular weight excluding hydrogens is 198 g/mol. The Hall–Kier alpha value is -1.30. The molecule has 0 saturated carbocycles. The first-order valence-corrected chi connectivity index (χ1v) is 5.04. The first-order chi connectivity index (χ1) is 7.15.